The van der Waals surface area contributed by atoms with Crippen molar-refractivity contribution in [2.45, 2.75) is 0 Å². The normalized spacial score (nSPS) is 19.1. The van der Waals surface area contributed by atoms with E-state index in [-0.39, 0.29) is 34.9 Å². The van der Waals surface area contributed by atoms with Crippen LogP contribution in [0.15, 0.2) is 22.7 Å². The number of rotatable bonds is 1. The van der Waals surface area contributed by atoms with Gasteiger partial charge >= 0.3 is 5.97 Å². The Morgan fingerprint density at radius 3 is 2.68 bits per heavy atom. The highest BCUT2D eigenvalue weighted by Crippen LogP contribution is 2.29. The van der Waals surface area contributed by atoms with Gasteiger partial charge in [0.25, 0.3) is 0 Å². The molecule has 3 rings (SSSR count). The van der Waals surface area contributed by atoms with Crippen LogP contribution in [0.5, 0.6) is 0 Å². The van der Waals surface area contributed by atoms with Crippen molar-refractivity contribution in [2.24, 2.45) is 0 Å². The quantitative estimate of drug-likeness (QED) is 0.686. The Hall–Kier alpha value is -2.55. The van der Waals surface area contributed by atoms with Gasteiger partial charge in [-0.25, -0.2) is 18.2 Å². The molecule has 1 aromatic heterocycles. The molecule has 22 heavy (non-hydrogen) atoms. The molecule has 0 fully saturated rings. The summed E-state index contributed by atoms with van der Waals surface area (Å²) >= 11 is 0. The Balaban J connectivity index is 2.22. The van der Waals surface area contributed by atoms with Crippen LogP contribution in [0, 0.1) is 0 Å². The molecule has 1 aliphatic heterocycles. The Labute approximate surface area is 125 Å². The number of carbonyl (C=O) groups is 3. The molecule has 0 saturated carbocycles. The van der Waals surface area contributed by atoms with Crippen molar-refractivity contribution < 1.29 is 27.5 Å². The molecule has 2 aliphatic rings. The fourth-order valence-corrected chi connectivity index (χ4v) is 3.80. The van der Waals surface area contributed by atoms with Gasteiger partial charge in [0.05, 0.1) is 18.4 Å². The number of ether oxygens (including phenoxy) is 1. The van der Waals surface area contributed by atoms with E-state index >= 15 is 0 Å². The van der Waals surface area contributed by atoms with Gasteiger partial charge in [0.1, 0.15) is 22.0 Å². The average Bonchev–Trinajstić information content (AvgIpc) is 2.50. The van der Waals surface area contributed by atoms with E-state index in [4.69, 9.17) is 0 Å². The first-order valence-electron chi connectivity index (χ1n) is 6.26. The van der Waals surface area contributed by atoms with Crippen molar-refractivity contribution in [3.8, 4) is 0 Å². The Kier molecular flexibility index (Phi) is 3.10. The number of hydrogen-bond acceptors (Lipinski definition) is 8. The van der Waals surface area contributed by atoms with E-state index in [1.165, 1.54) is 12.1 Å². The van der Waals surface area contributed by atoms with E-state index in [0.717, 1.165) is 7.11 Å². The van der Waals surface area contributed by atoms with Gasteiger partial charge in [0.15, 0.2) is 9.84 Å². The van der Waals surface area contributed by atoms with Crippen LogP contribution in [0.2, 0.25) is 0 Å². The first kappa shape index (κ1) is 14.4. The number of carbonyl (C=O) groups excluding carboxylic acids is 3. The van der Waals surface area contributed by atoms with Crippen LogP contribution >= 0.6 is 0 Å². The minimum Gasteiger partial charge on any atom is -0.464 e. The molecular formula is C13H10N2O6S. The molecule has 0 atom stereocenters. The topological polar surface area (TPSA) is 120 Å². The zero-order valence-corrected chi connectivity index (χ0v) is 12.2. The number of nitrogens with one attached hydrogen (secondary N) is 1. The molecule has 0 spiro atoms. The Morgan fingerprint density at radius 1 is 1.27 bits per heavy atom. The molecule has 0 amide bonds. The predicted octanol–water partition coefficient (Wildman–Crippen LogP) is -0.523. The molecule has 1 aromatic rings. The van der Waals surface area contributed by atoms with Crippen LogP contribution < -0.4 is 5.32 Å². The molecule has 1 aliphatic carbocycles. The van der Waals surface area contributed by atoms with E-state index in [2.05, 4.69) is 15.0 Å². The molecule has 2 heterocycles. The van der Waals surface area contributed by atoms with Gasteiger partial charge in [-0.15, -0.1) is 0 Å². The lowest BCUT2D eigenvalue weighted by Gasteiger charge is -2.24. The van der Waals surface area contributed by atoms with E-state index in [1.807, 2.05) is 0 Å². The minimum atomic E-state index is -3.81. The number of sulfone groups is 1. The maximum atomic E-state index is 12.4. The second kappa shape index (κ2) is 4.73. The third kappa shape index (κ3) is 1.93. The van der Waals surface area contributed by atoms with Crippen molar-refractivity contribution in [3.05, 3.63) is 39.7 Å². The highest BCUT2D eigenvalue weighted by Gasteiger charge is 2.42. The molecule has 0 aromatic carbocycles. The molecule has 9 heteroatoms. The summed E-state index contributed by atoms with van der Waals surface area (Å²) in [5.74, 6) is -2.53. The second-order valence-electron chi connectivity index (χ2n) is 4.69. The summed E-state index contributed by atoms with van der Waals surface area (Å²) in [7, 11) is -2.65. The number of pyridine rings is 1. The number of esters is 1. The maximum Gasteiger partial charge on any atom is 0.356 e. The van der Waals surface area contributed by atoms with Crippen LogP contribution in [-0.2, 0) is 14.6 Å². The van der Waals surface area contributed by atoms with Gasteiger partial charge in [-0.2, -0.15) is 0 Å². The number of hydrogen-bond donors (Lipinski definition) is 1. The first-order chi connectivity index (χ1) is 10.4. The number of fused-ring (bicyclic) bond motifs is 1. The predicted molar refractivity (Wildman–Crippen MR) is 73.1 cm³/mol. The van der Waals surface area contributed by atoms with Gasteiger partial charge < -0.3 is 10.1 Å². The fraction of sp³-hybridized carbons (Fsp3) is 0.231. The Bertz CT molecular complexity index is 869. The summed E-state index contributed by atoms with van der Waals surface area (Å²) in [6, 6.07) is 2.42. The van der Waals surface area contributed by atoms with Crippen molar-refractivity contribution >= 4 is 27.4 Å². The smallest absolute Gasteiger partial charge is 0.356 e. The largest absolute Gasteiger partial charge is 0.464 e. The zero-order chi connectivity index (χ0) is 16.1. The minimum absolute atomic E-state index is 0.0339. The number of aromatic nitrogens is 1. The van der Waals surface area contributed by atoms with E-state index in [9.17, 15) is 22.8 Å². The number of nitrogens with zero attached hydrogens (tertiary/aromatic N) is 1. The number of methoxy groups -OCH3 is 1. The first-order valence-corrected chi connectivity index (χ1v) is 7.91. The summed E-state index contributed by atoms with van der Waals surface area (Å²) in [6.07, 6.45) is 0. The van der Waals surface area contributed by atoms with E-state index in [0.29, 0.717) is 0 Å². The average molecular weight is 322 g/mol. The molecule has 114 valence electrons. The lowest BCUT2D eigenvalue weighted by Crippen LogP contribution is -2.41. The summed E-state index contributed by atoms with van der Waals surface area (Å²) in [5, 5.41) is 2.63. The summed E-state index contributed by atoms with van der Waals surface area (Å²) < 4.78 is 28.6. The Morgan fingerprint density at radius 2 is 2.00 bits per heavy atom. The summed E-state index contributed by atoms with van der Waals surface area (Å²) in [5.41, 5.74) is -0.802. The van der Waals surface area contributed by atoms with Crippen LogP contribution in [0.4, 0.5) is 0 Å². The van der Waals surface area contributed by atoms with E-state index < -0.39 is 32.3 Å². The highest BCUT2D eigenvalue weighted by atomic mass is 32.2. The molecule has 1 N–H and O–H groups in total. The van der Waals surface area contributed by atoms with Crippen molar-refractivity contribution in [1.29, 1.82) is 0 Å². The third-order valence-corrected chi connectivity index (χ3v) is 5.15. The van der Waals surface area contributed by atoms with Crippen LogP contribution in [0.3, 0.4) is 0 Å². The lowest BCUT2D eigenvalue weighted by atomic mass is 9.96. The van der Waals surface area contributed by atoms with Crippen molar-refractivity contribution in [1.82, 2.24) is 10.3 Å². The highest BCUT2D eigenvalue weighted by molar-refractivity contribution is 7.96. The molecule has 0 unspecified atom stereocenters. The van der Waals surface area contributed by atoms with Crippen LogP contribution in [0.25, 0.3) is 0 Å². The standard InChI is InChI=1S/C13H10N2O6S/c1-21-13(18)7-3-2-6-8(15-7)11(17)9-12(10(6)16)22(19,20)5-4-14-9/h2-3,14H,4-5H2,1H3. The number of allylic oxidation sites excluding steroid dienone is 2. The van der Waals surface area contributed by atoms with Gasteiger partial charge in [0.2, 0.25) is 11.6 Å². The van der Waals surface area contributed by atoms with Gasteiger partial charge in [-0.1, -0.05) is 0 Å². The molecule has 0 radical (unpaired) electrons. The molecule has 8 nitrogen and oxygen atoms in total. The van der Waals surface area contributed by atoms with E-state index in [1.54, 1.807) is 0 Å². The van der Waals surface area contributed by atoms with Crippen molar-refractivity contribution in [3.63, 3.8) is 0 Å². The summed E-state index contributed by atoms with van der Waals surface area (Å²) in [4.78, 5) is 39.6. The van der Waals surface area contributed by atoms with Crippen LogP contribution in [-0.4, -0.2) is 50.3 Å². The monoisotopic (exact) mass is 322 g/mol. The molecule has 0 bridgehead atoms. The molecule has 0 saturated heterocycles. The maximum absolute atomic E-state index is 12.4. The fourth-order valence-electron chi connectivity index (χ4n) is 2.36. The SMILES string of the molecule is COC(=O)c1ccc2c(n1)C(=O)C1=C(C2=O)S(=O)(=O)CCN1. The second-order valence-corrected chi connectivity index (χ2v) is 6.74. The van der Waals surface area contributed by atoms with Gasteiger partial charge in [-0.3, -0.25) is 9.59 Å². The molecular weight excluding hydrogens is 312 g/mol. The third-order valence-electron chi connectivity index (χ3n) is 3.39. The lowest BCUT2D eigenvalue weighted by molar-refractivity contribution is 0.0593. The van der Waals surface area contributed by atoms with Gasteiger partial charge in [-0.05, 0) is 12.1 Å². The van der Waals surface area contributed by atoms with Crippen LogP contribution in [0.1, 0.15) is 31.3 Å². The van der Waals surface area contributed by atoms with Crippen molar-refractivity contribution in [2.75, 3.05) is 19.4 Å². The zero-order valence-electron chi connectivity index (χ0n) is 11.4. The number of Topliss-reactive ketones (excluding diaryl/α,β-unsaturated/α-hetero) is 2. The van der Waals surface area contributed by atoms with Gasteiger partial charge in [0, 0.05) is 6.54 Å². The summed E-state index contributed by atoms with van der Waals surface area (Å²) in [6.45, 7) is 0.0339. The number of ketones is 2.